The molecule has 1 unspecified atom stereocenters. The highest BCUT2D eigenvalue weighted by Crippen LogP contribution is 2.29. The number of nitrogens with zero attached hydrogens (tertiary/aromatic N) is 2. The van der Waals surface area contributed by atoms with Gasteiger partial charge in [0.05, 0.1) is 0 Å². The molecule has 0 saturated carbocycles. The van der Waals surface area contributed by atoms with E-state index in [4.69, 9.17) is 0 Å². The molecule has 1 fully saturated rings. The van der Waals surface area contributed by atoms with E-state index >= 15 is 0 Å². The molecule has 1 aliphatic heterocycles. The summed E-state index contributed by atoms with van der Waals surface area (Å²) in [6.07, 6.45) is 0.200. The summed E-state index contributed by atoms with van der Waals surface area (Å²) in [5.74, 6) is -0.614. The standard InChI is InChI=1S/C9H11N3O2S/c1-4(2)8-11-12-9(15-8)5-3-6(13)10-7(5)14/h4-5H,3H2,1-2H3,(H,10,13,14). The van der Waals surface area contributed by atoms with Gasteiger partial charge in [-0.3, -0.25) is 14.9 Å². The molecule has 1 aromatic rings. The lowest BCUT2D eigenvalue weighted by Crippen LogP contribution is -2.21. The lowest BCUT2D eigenvalue weighted by Gasteiger charge is -1.98. The summed E-state index contributed by atoms with van der Waals surface area (Å²) in [6.45, 7) is 4.04. The molecular formula is C9H11N3O2S. The molecule has 0 aromatic carbocycles. The lowest BCUT2D eigenvalue weighted by atomic mass is 10.1. The number of amides is 2. The lowest BCUT2D eigenvalue weighted by molar-refractivity contribution is -0.125. The maximum Gasteiger partial charge on any atom is 0.237 e. The van der Waals surface area contributed by atoms with Crippen LogP contribution >= 0.6 is 11.3 Å². The fourth-order valence-corrected chi connectivity index (χ4v) is 2.32. The SMILES string of the molecule is CC(C)c1nnc(C2CC(=O)NC2=O)s1. The highest BCUT2D eigenvalue weighted by Gasteiger charge is 2.34. The fourth-order valence-electron chi connectivity index (χ4n) is 1.37. The first-order valence-electron chi connectivity index (χ1n) is 4.75. The minimum absolute atomic E-state index is 0.200. The number of hydrogen-bond donors (Lipinski definition) is 1. The molecule has 2 heterocycles. The second-order valence-electron chi connectivity index (χ2n) is 3.80. The summed E-state index contributed by atoms with van der Waals surface area (Å²) >= 11 is 1.41. The van der Waals surface area contributed by atoms with Gasteiger partial charge in [0.15, 0.2) is 0 Å². The third-order valence-corrected chi connectivity index (χ3v) is 3.55. The first-order chi connectivity index (χ1) is 7.08. The van der Waals surface area contributed by atoms with Crippen LogP contribution in [0.25, 0.3) is 0 Å². The van der Waals surface area contributed by atoms with Crippen LogP contribution in [0.3, 0.4) is 0 Å². The van der Waals surface area contributed by atoms with Crippen molar-refractivity contribution in [2.24, 2.45) is 0 Å². The molecule has 2 amide bonds. The number of hydrogen-bond acceptors (Lipinski definition) is 5. The molecular weight excluding hydrogens is 214 g/mol. The van der Waals surface area contributed by atoms with Crippen molar-refractivity contribution in [1.29, 1.82) is 0 Å². The van der Waals surface area contributed by atoms with E-state index in [-0.39, 0.29) is 18.2 Å². The molecule has 0 radical (unpaired) electrons. The van der Waals surface area contributed by atoms with Crippen LogP contribution < -0.4 is 5.32 Å². The largest absolute Gasteiger partial charge is 0.296 e. The summed E-state index contributed by atoms with van der Waals surface area (Å²) in [5.41, 5.74) is 0. The number of aromatic nitrogens is 2. The molecule has 0 bridgehead atoms. The normalized spacial score (nSPS) is 21.1. The Balaban J connectivity index is 2.23. The number of rotatable bonds is 2. The predicted molar refractivity (Wildman–Crippen MR) is 54.5 cm³/mol. The molecule has 1 aromatic heterocycles. The van der Waals surface area contributed by atoms with Gasteiger partial charge < -0.3 is 0 Å². The molecule has 0 aliphatic carbocycles. The van der Waals surface area contributed by atoms with Gasteiger partial charge in [0.25, 0.3) is 0 Å². The van der Waals surface area contributed by atoms with Gasteiger partial charge in [0.2, 0.25) is 11.8 Å². The Morgan fingerprint density at radius 3 is 2.60 bits per heavy atom. The molecule has 0 spiro atoms. The number of carbonyl (C=O) groups excluding carboxylic acids is 2. The van der Waals surface area contributed by atoms with Gasteiger partial charge >= 0.3 is 0 Å². The van der Waals surface area contributed by atoms with Crippen molar-refractivity contribution in [2.75, 3.05) is 0 Å². The molecule has 2 rings (SSSR count). The van der Waals surface area contributed by atoms with Crippen LogP contribution in [0, 0.1) is 0 Å². The minimum atomic E-state index is -0.428. The van der Waals surface area contributed by atoms with Crippen molar-refractivity contribution < 1.29 is 9.59 Å². The van der Waals surface area contributed by atoms with Crippen molar-refractivity contribution in [3.8, 4) is 0 Å². The average molecular weight is 225 g/mol. The smallest absolute Gasteiger partial charge is 0.237 e. The average Bonchev–Trinajstić information content (AvgIpc) is 2.71. The van der Waals surface area contributed by atoms with Gasteiger partial charge in [-0.15, -0.1) is 21.5 Å². The van der Waals surface area contributed by atoms with Gasteiger partial charge in [-0.1, -0.05) is 13.8 Å². The van der Waals surface area contributed by atoms with Crippen LogP contribution in [0.15, 0.2) is 0 Å². The fraction of sp³-hybridized carbons (Fsp3) is 0.556. The van der Waals surface area contributed by atoms with E-state index in [0.717, 1.165) is 5.01 Å². The molecule has 15 heavy (non-hydrogen) atoms. The van der Waals surface area contributed by atoms with Crippen LogP contribution in [0.4, 0.5) is 0 Å². The maximum atomic E-state index is 11.4. The Labute approximate surface area is 90.9 Å². The van der Waals surface area contributed by atoms with Gasteiger partial charge in [0.1, 0.15) is 15.9 Å². The zero-order valence-corrected chi connectivity index (χ0v) is 9.30. The number of carbonyl (C=O) groups is 2. The van der Waals surface area contributed by atoms with Crippen LogP contribution in [-0.2, 0) is 9.59 Å². The maximum absolute atomic E-state index is 11.4. The molecule has 1 atom stereocenters. The first-order valence-corrected chi connectivity index (χ1v) is 5.56. The Kier molecular flexibility index (Phi) is 2.52. The van der Waals surface area contributed by atoms with Crippen LogP contribution in [0.1, 0.15) is 42.1 Å². The van der Waals surface area contributed by atoms with Crippen molar-refractivity contribution in [2.45, 2.75) is 32.1 Å². The summed E-state index contributed by atoms with van der Waals surface area (Å²) in [5, 5.41) is 11.8. The highest BCUT2D eigenvalue weighted by molar-refractivity contribution is 7.11. The van der Waals surface area contributed by atoms with Crippen molar-refractivity contribution in [1.82, 2.24) is 15.5 Å². The van der Waals surface area contributed by atoms with Crippen molar-refractivity contribution >= 4 is 23.2 Å². The number of imide groups is 1. The van der Waals surface area contributed by atoms with Crippen LogP contribution in [-0.4, -0.2) is 22.0 Å². The van der Waals surface area contributed by atoms with E-state index in [1.54, 1.807) is 0 Å². The Hall–Kier alpha value is -1.30. The third-order valence-electron chi connectivity index (χ3n) is 2.22. The van der Waals surface area contributed by atoms with Gasteiger partial charge in [-0.2, -0.15) is 0 Å². The Bertz CT molecular complexity index is 413. The predicted octanol–water partition coefficient (Wildman–Crippen LogP) is 0.792. The molecule has 80 valence electrons. The van der Waals surface area contributed by atoms with E-state index in [1.807, 2.05) is 13.8 Å². The topological polar surface area (TPSA) is 72.0 Å². The van der Waals surface area contributed by atoms with E-state index in [9.17, 15) is 9.59 Å². The van der Waals surface area contributed by atoms with Crippen molar-refractivity contribution in [3.05, 3.63) is 10.0 Å². The van der Waals surface area contributed by atoms with Gasteiger partial charge in [-0.05, 0) is 0 Å². The van der Waals surface area contributed by atoms with E-state index in [1.165, 1.54) is 11.3 Å². The van der Waals surface area contributed by atoms with E-state index in [0.29, 0.717) is 10.9 Å². The first kappa shape index (κ1) is 10.2. The molecule has 1 saturated heterocycles. The minimum Gasteiger partial charge on any atom is -0.296 e. The van der Waals surface area contributed by atoms with Crippen molar-refractivity contribution in [3.63, 3.8) is 0 Å². The number of nitrogens with one attached hydrogen (secondary N) is 1. The monoisotopic (exact) mass is 225 g/mol. The quantitative estimate of drug-likeness (QED) is 0.755. The molecule has 1 aliphatic rings. The Morgan fingerprint density at radius 1 is 1.40 bits per heavy atom. The zero-order valence-electron chi connectivity index (χ0n) is 8.48. The third kappa shape index (κ3) is 1.90. The molecule has 6 heteroatoms. The van der Waals surface area contributed by atoms with E-state index in [2.05, 4.69) is 15.5 Å². The molecule has 5 nitrogen and oxygen atoms in total. The zero-order chi connectivity index (χ0) is 11.0. The summed E-state index contributed by atoms with van der Waals surface area (Å²) in [6, 6.07) is 0. The summed E-state index contributed by atoms with van der Waals surface area (Å²) in [7, 11) is 0. The van der Waals surface area contributed by atoms with Crippen LogP contribution in [0.5, 0.6) is 0 Å². The Morgan fingerprint density at radius 2 is 2.13 bits per heavy atom. The highest BCUT2D eigenvalue weighted by atomic mass is 32.1. The van der Waals surface area contributed by atoms with Gasteiger partial charge in [-0.25, -0.2) is 0 Å². The second-order valence-corrected chi connectivity index (χ2v) is 4.84. The summed E-state index contributed by atoms with van der Waals surface area (Å²) < 4.78 is 0. The van der Waals surface area contributed by atoms with Crippen LogP contribution in [0.2, 0.25) is 0 Å². The van der Waals surface area contributed by atoms with E-state index < -0.39 is 5.92 Å². The molecule has 1 N–H and O–H groups in total. The summed E-state index contributed by atoms with van der Waals surface area (Å²) in [4.78, 5) is 22.4. The van der Waals surface area contributed by atoms with Gasteiger partial charge in [0, 0.05) is 12.3 Å². The second kappa shape index (κ2) is 3.69.